The molecule has 26 heavy (non-hydrogen) atoms. The molecule has 3 aromatic rings. The Labute approximate surface area is 152 Å². The van der Waals surface area contributed by atoms with E-state index in [9.17, 15) is 9.59 Å². The highest BCUT2D eigenvalue weighted by molar-refractivity contribution is 5.95. The van der Waals surface area contributed by atoms with Crippen LogP contribution in [0.1, 0.15) is 41.4 Å². The lowest BCUT2D eigenvalue weighted by molar-refractivity contribution is 0.0783. The number of aromatic amines is 1. The Morgan fingerprint density at radius 2 is 1.92 bits per heavy atom. The third-order valence-electron chi connectivity index (χ3n) is 4.23. The van der Waals surface area contributed by atoms with Crippen molar-refractivity contribution >= 4 is 5.91 Å². The summed E-state index contributed by atoms with van der Waals surface area (Å²) < 4.78 is 1.79. The van der Waals surface area contributed by atoms with E-state index in [-0.39, 0.29) is 17.4 Å². The Hall–Kier alpha value is -3.15. The molecule has 0 saturated heterocycles. The number of nitrogens with one attached hydrogen (secondary N) is 1. The van der Waals surface area contributed by atoms with Gasteiger partial charge in [-0.2, -0.15) is 5.10 Å². The van der Waals surface area contributed by atoms with Crippen LogP contribution in [0.3, 0.4) is 0 Å². The van der Waals surface area contributed by atoms with Crippen molar-refractivity contribution in [1.29, 1.82) is 0 Å². The summed E-state index contributed by atoms with van der Waals surface area (Å²) in [5.41, 5.74) is 3.00. The molecule has 0 saturated carbocycles. The van der Waals surface area contributed by atoms with E-state index in [0.717, 1.165) is 11.3 Å². The zero-order valence-corrected chi connectivity index (χ0v) is 15.1. The number of carbonyl (C=O) groups excluding carboxylic acids is 1. The first-order chi connectivity index (χ1) is 12.5. The monoisotopic (exact) mass is 350 g/mol. The number of aromatic nitrogens is 3. The molecule has 1 aromatic carbocycles. The minimum absolute atomic E-state index is 0.0598. The third-order valence-corrected chi connectivity index (χ3v) is 4.23. The van der Waals surface area contributed by atoms with E-state index in [4.69, 9.17) is 0 Å². The average Bonchev–Trinajstić information content (AvgIpc) is 3.16. The molecule has 0 aliphatic carbocycles. The predicted molar refractivity (Wildman–Crippen MR) is 101 cm³/mol. The van der Waals surface area contributed by atoms with Crippen molar-refractivity contribution in [2.45, 2.75) is 26.3 Å². The van der Waals surface area contributed by atoms with Crippen LogP contribution in [-0.4, -0.2) is 32.6 Å². The number of rotatable bonds is 5. The van der Waals surface area contributed by atoms with Gasteiger partial charge in [-0.1, -0.05) is 26.0 Å². The highest BCUT2D eigenvalue weighted by Gasteiger charge is 2.18. The van der Waals surface area contributed by atoms with Crippen molar-refractivity contribution in [3.63, 3.8) is 0 Å². The molecule has 2 aromatic heterocycles. The number of hydrogen-bond donors (Lipinski definition) is 1. The lowest BCUT2D eigenvalue weighted by Crippen LogP contribution is -2.28. The molecule has 3 rings (SSSR count). The van der Waals surface area contributed by atoms with Gasteiger partial charge in [0.05, 0.1) is 11.3 Å². The molecule has 6 nitrogen and oxygen atoms in total. The summed E-state index contributed by atoms with van der Waals surface area (Å²) in [6.45, 7) is 4.39. The van der Waals surface area contributed by atoms with Gasteiger partial charge in [-0.25, -0.2) is 4.68 Å². The van der Waals surface area contributed by atoms with E-state index in [2.05, 4.69) is 10.1 Å². The van der Waals surface area contributed by atoms with E-state index in [1.54, 1.807) is 28.9 Å². The predicted octanol–water partition coefficient (Wildman–Crippen LogP) is 2.96. The largest absolute Gasteiger partial charge is 0.337 e. The topological polar surface area (TPSA) is 71.0 Å². The standard InChI is InChI=1S/C20H22N4O2/c1-14(2)19-17(9-10-18(25)22-19)20(26)23(3)13-15-5-7-16(8-6-15)24-12-4-11-21-24/h4-12,14H,13H2,1-3H3,(H,22,25). The zero-order chi connectivity index (χ0) is 18.7. The maximum Gasteiger partial charge on any atom is 0.255 e. The summed E-state index contributed by atoms with van der Waals surface area (Å²) in [4.78, 5) is 28.8. The van der Waals surface area contributed by atoms with Crippen molar-refractivity contribution in [3.8, 4) is 5.69 Å². The molecular formula is C20H22N4O2. The van der Waals surface area contributed by atoms with Crippen LogP contribution in [-0.2, 0) is 6.54 Å². The van der Waals surface area contributed by atoms with Gasteiger partial charge >= 0.3 is 0 Å². The molecule has 0 unspecified atom stereocenters. The van der Waals surface area contributed by atoms with Crippen LogP contribution in [0.25, 0.3) is 5.69 Å². The highest BCUT2D eigenvalue weighted by atomic mass is 16.2. The first-order valence-electron chi connectivity index (χ1n) is 8.53. The lowest BCUT2D eigenvalue weighted by atomic mass is 10.0. The SMILES string of the molecule is CC(C)c1[nH]c(=O)ccc1C(=O)N(C)Cc1ccc(-n2cccn2)cc1. The Balaban J connectivity index is 1.77. The van der Waals surface area contributed by atoms with Gasteiger partial charge in [0, 0.05) is 37.7 Å². The van der Waals surface area contributed by atoms with E-state index in [1.165, 1.54) is 6.07 Å². The second-order valence-electron chi connectivity index (χ2n) is 6.58. The number of hydrogen-bond acceptors (Lipinski definition) is 3. The van der Waals surface area contributed by atoms with Crippen LogP contribution in [0.15, 0.2) is 59.7 Å². The molecular weight excluding hydrogens is 328 g/mol. The Morgan fingerprint density at radius 3 is 2.54 bits per heavy atom. The smallest absolute Gasteiger partial charge is 0.255 e. The molecule has 2 heterocycles. The van der Waals surface area contributed by atoms with E-state index >= 15 is 0 Å². The molecule has 0 aliphatic rings. The number of amides is 1. The molecule has 134 valence electrons. The summed E-state index contributed by atoms with van der Waals surface area (Å²) >= 11 is 0. The second kappa shape index (κ2) is 7.39. The highest BCUT2D eigenvalue weighted by Crippen LogP contribution is 2.18. The first-order valence-corrected chi connectivity index (χ1v) is 8.53. The van der Waals surface area contributed by atoms with Crippen molar-refractivity contribution in [1.82, 2.24) is 19.7 Å². The Bertz CT molecular complexity index is 941. The summed E-state index contributed by atoms with van der Waals surface area (Å²) in [6.07, 6.45) is 3.62. The fourth-order valence-corrected chi connectivity index (χ4v) is 2.86. The van der Waals surface area contributed by atoms with Crippen molar-refractivity contribution in [2.24, 2.45) is 0 Å². The van der Waals surface area contributed by atoms with Gasteiger partial charge in [-0.3, -0.25) is 9.59 Å². The Kier molecular flexibility index (Phi) is 5.02. The number of nitrogens with zero attached hydrogens (tertiary/aromatic N) is 3. The van der Waals surface area contributed by atoms with Crippen LogP contribution in [0.4, 0.5) is 0 Å². The fourth-order valence-electron chi connectivity index (χ4n) is 2.86. The van der Waals surface area contributed by atoms with Crippen LogP contribution in [0.2, 0.25) is 0 Å². The van der Waals surface area contributed by atoms with Gasteiger partial charge in [0.15, 0.2) is 0 Å². The molecule has 0 spiro atoms. The summed E-state index contributed by atoms with van der Waals surface area (Å²) in [6, 6.07) is 12.8. The molecule has 1 amide bonds. The van der Waals surface area contributed by atoms with Gasteiger partial charge in [0.25, 0.3) is 5.91 Å². The quantitative estimate of drug-likeness (QED) is 0.769. The van der Waals surface area contributed by atoms with Gasteiger partial charge < -0.3 is 9.88 Å². The molecule has 0 radical (unpaired) electrons. The first kappa shape index (κ1) is 17.7. The molecule has 0 aliphatic heterocycles. The molecule has 0 bridgehead atoms. The second-order valence-corrected chi connectivity index (χ2v) is 6.58. The van der Waals surface area contributed by atoms with E-state index < -0.39 is 0 Å². The summed E-state index contributed by atoms with van der Waals surface area (Å²) in [5.74, 6) is -0.0503. The van der Waals surface area contributed by atoms with Gasteiger partial charge in [0.2, 0.25) is 5.56 Å². The van der Waals surface area contributed by atoms with E-state index in [1.807, 2.05) is 50.4 Å². The third kappa shape index (κ3) is 3.74. The number of H-pyrrole nitrogens is 1. The zero-order valence-electron chi connectivity index (χ0n) is 15.1. The minimum Gasteiger partial charge on any atom is -0.337 e. The van der Waals surface area contributed by atoms with Crippen LogP contribution in [0, 0.1) is 0 Å². The molecule has 0 fully saturated rings. The van der Waals surface area contributed by atoms with Crippen LogP contribution < -0.4 is 5.56 Å². The summed E-state index contributed by atoms with van der Waals surface area (Å²) in [7, 11) is 1.76. The minimum atomic E-state index is -0.192. The van der Waals surface area contributed by atoms with Crippen LogP contribution >= 0.6 is 0 Å². The number of carbonyl (C=O) groups is 1. The van der Waals surface area contributed by atoms with E-state index in [0.29, 0.717) is 17.8 Å². The molecule has 0 atom stereocenters. The normalized spacial score (nSPS) is 10.9. The number of pyridine rings is 1. The van der Waals surface area contributed by atoms with Crippen LogP contribution in [0.5, 0.6) is 0 Å². The Morgan fingerprint density at radius 1 is 1.19 bits per heavy atom. The fraction of sp³-hybridized carbons (Fsp3) is 0.250. The maximum atomic E-state index is 12.8. The molecule has 1 N–H and O–H groups in total. The van der Waals surface area contributed by atoms with Gasteiger partial charge in [-0.05, 0) is 35.7 Å². The lowest BCUT2D eigenvalue weighted by Gasteiger charge is -2.20. The van der Waals surface area contributed by atoms with Gasteiger partial charge in [-0.15, -0.1) is 0 Å². The van der Waals surface area contributed by atoms with Gasteiger partial charge in [0.1, 0.15) is 0 Å². The summed E-state index contributed by atoms with van der Waals surface area (Å²) in [5, 5.41) is 4.20. The maximum absolute atomic E-state index is 12.8. The van der Waals surface area contributed by atoms with Crippen molar-refractivity contribution < 1.29 is 4.79 Å². The average molecular weight is 350 g/mol. The van der Waals surface area contributed by atoms with Crippen molar-refractivity contribution in [2.75, 3.05) is 7.05 Å². The molecule has 6 heteroatoms. The van der Waals surface area contributed by atoms with Crippen molar-refractivity contribution in [3.05, 3.63) is 82.0 Å². The number of benzene rings is 1.